The first-order chi connectivity index (χ1) is 9.13. The molecule has 0 atom stereocenters. The molecule has 2 aromatic rings. The van der Waals surface area contributed by atoms with Gasteiger partial charge in [-0.2, -0.15) is 0 Å². The second kappa shape index (κ2) is 5.81. The van der Waals surface area contributed by atoms with Crippen molar-refractivity contribution in [3.05, 3.63) is 40.4 Å². The summed E-state index contributed by atoms with van der Waals surface area (Å²) in [7, 11) is 0. The van der Waals surface area contributed by atoms with Gasteiger partial charge in [-0.05, 0) is 37.5 Å². The molecule has 0 aliphatic heterocycles. The topological polar surface area (TPSA) is 68.0 Å². The van der Waals surface area contributed by atoms with E-state index in [1.54, 1.807) is 12.1 Å². The summed E-state index contributed by atoms with van der Waals surface area (Å²) in [4.78, 5) is 16.6. The van der Waals surface area contributed by atoms with Gasteiger partial charge in [-0.1, -0.05) is 6.07 Å². The van der Waals surface area contributed by atoms with Crippen LogP contribution in [0.15, 0.2) is 23.6 Å². The maximum atomic E-state index is 12.2. The SMILES string of the molecule is Cc1ccc(N)cc1C(=O)Nc1nc(C2CC2)cs1.Cl. The number of thiazole rings is 1. The number of nitrogens with one attached hydrogen (secondary N) is 1. The molecule has 20 heavy (non-hydrogen) atoms. The highest BCUT2D eigenvalue weighted by Gasteiger charge is 2.26. The average Bonchev–Trinajstić information content (AvgIpc) is 3.13. The number of nitrogens with zero attached hydrogens (tertiary/aromatic N) is 1. The quantitative estimate of drug-likeness (QED) is 0.851. The molecule has 0 radical (unpaired) electrons. The number of rotatable bonds is 3. The van der Waals surface area contributed by atoms with Gasteiger partial charge in [0.15, 0.2) is 5.13 Å². The molecular formula is C14H16ClN3OS. The Kier molecular flexibility index (Phi) is 4.30. The van der Waals surface area contributed by atoms with Gasteiger partial charge in [-0.3, -0.25) is 10.1 Å². The van der Waals surface area contributed by atoms with Crippen molar-refractivity contribution in [2.24, 2.45) is 0 Å². The molecule has 0 unspecified atom stereocenters. The van der Waals surface area contributed by atoms with E-state index in [4.69, 9.17) is 5.73 Å². The third-order valence-corrected chi connectivity index (χ3v) is 4.02. The summed E-state index contributed by atoms with van der Waals surface area (Å²) < 4.78 is 0. The van der Waals surface area contributed by atoms with Crippen molar-refractivity contribution >= 4 is 40.5 Å². The number of halogens is 1. The maximum Gasteiger partial charge on any atom is 0.257 e. The first-order valence-electron chi connectivity index (χ1n) is 6.26. The number of aromatic nitrogens is 1. The summed E-state index contributed by atoms with van der Waals surface area (Å²) in [5, 5.41) is 5.53. The first kappa shape index (κ1) is 14.8. The molecule has 3 rings (SSSR count). The lowest BCUT2D eigenvalue weighted by Crippen LogP contribution is -2.13. The van der Waals surface area contributed by atoms with Gasteiger partial charge in [0.25, 0.3) is 5.91 Å². The molecule has 1 fully saturated rings. The van der Waals surface area contributed by atoms with Crippen molar-refractivity contribution in [1.82, 2.24) is 4.98 Å². The van der Waals surface area contributed by atoms with E-state index in [-0.39, 0.29) is 18.3 Å². The zero-order chi connectivity index (χ0) is 13.4. The minimum Gasteiger partial charge on any atom is -0.399 e. The van der Waals surface area contributed by atoms with E-state index in [0.717, 1.165) is 11.3 Å². The molecule has 1 amide bonds. The summed E-state index contributed by atoms with van der Waals surface area (Å²) in [5.74, 6) is 0.456. The van der Waals surface area contributed by atoms with Crippen LogP contribution < -0.4 is 11.1 Å². The fraction of sp³-hybridized carbons (Fsp3) is 0.286. The number of nitrogen functional groups attached to an aromatic ring is 1. The lowest BCUT2D eigenvalue weighted by molar-refractivity contribution is 0.102. The van der Waals surface area contributed by atoms with Gasteiger partial charge in [0.05, 0.1) is 5.69 Å². The highest BCUT2D eigenvalue weighted by atomic mass is 35.5. The highest BCUT2D eigenvalue weighted by Crippen LogP contribution is 2.40. The summed E-state index contributed by atoms with van der Waals surface area (Å²) in [5.41, 5.74) is 8.92. The fourth-order valence-electron chi connectivity index (χ4n) is 1.96. The molecular weight excluding hydrogens is 294 g/mol. The number of aryl methyl sites for hydroxylation is 1. The van der Waals surface area contributed by atoms with Crippen molar-refractivity contribution in [1.29, 1.82) is 0 Å². The first-order valence-corrected chi connectivity index (χ1v) is 7.14. The van der Waals surface area contributed by atoms with Gasteiger partial charge >= 0.3 is 0 Å². The Balaban J connectivity index is 0.00000147. The lowest BCUT2D eigenvalue weighted by atomic mass is 10.1. The Morgan fingerprint density at radius 1 is 1.45 bits per heavy atom. The van der Waals surface area contributed by atoms with Crippen LogP contribution in [0.1, 0.15) is 40.4 Å². The smallest absolute Gasteiger partial charge is 0.257 e. The van der Waals surface area contributed by atoms with Gasteiger partial charge in [0.2, 0.25) is 0 Å². The third kappa shape index (κ3) is 3.11. The van der Waals surface area contributed by atoms with Crippen molar-refractivity contribution in [3.63, 3.8) is 0 Å². The van der Waals surface area contributed by atoms with Gasteiger partial charge in [0.1, 0.15) is 0 Å². The molecule has 1 aliphatic carbocycles. The van der Waals surface area contributed by atoms with E-state index >= 15 is 0 Å². The summed E-state index contributed by atoms with van der Waals surface area (Å²) in [6.07, 6.45) is 2.43. The normalized spacial score (nSPS) is 13.7. The Hall–Kier alpha value is -1.59. The molecule has 3 N–H and O–H groups in total. The second-order valence-corrected chi connectivity index (χ2v) is 5.74. The molecule has 1 heterocycles. The molecule has 0 saturated heterocycles. The predicted molar refractivity (Wildman–Crippen MR) is 84.9 cm³/mol. The molecule has 0 spiro atoms. The van der Waals surface area contributed by atoms with Crippen molar-refractivity contribution in [2.75, 3.05) is 11.1 Å². The van der Waals surface area contributed by atoms with Gasteiger partial charge < -0.3 is 5.73 Å². The number of amides is 1. The number of hydrogen-bond acceptors (Lipinski definition) is 4. The zero-order valence-electron chi connectivity index (χ0n) is 11.1. The minimum atomic E-state index is -0.151. The second-order valence-electron chi connectivity index (χ2n) is 4.88. The van der Waals surface area contributed by atoms with E-state index in [0.29, 0.717) is 22.3 Å². The Morgan fingerprint density at radius 3 is 2.90 bits per heavy atom. The Bertz CT molecular complexity index is 637. The minimum absolute atomic E-state index is 0. The fourth-order valence-corrected chi connectivity index (χ4v) is 2.75. The van der Waals surface area contributed by atoms with E-state index in [1.165, 1.54) is 24.2 Å². The van der Waals surface area contributed by atoms with Crippen LogP contribution in [0.4, 0.5) is 10.8 Å². The van der Waals surface area contributed by atoms with Crippen molar-refractivity contribution in [3.8, 4) is 0 Å². The number of carbonyl (C=O) groups excluding carboxylic acids is 1. The Labute approximate surface area is 127 Å². The van der Waals surface area contributed by atoms with Gasteiger partial charge in [-0.25, -0.2) is 4.98 Å². The molecule has 0 bridgehead atoms. The maximum absolute atomic E-state index is 12.2. The van der Waals surface area contributed by atoms with Gasteiger partial charge in [0, 0.05) is 22.5 Å². The number of carbonyl (C=O) groups is 1. The summed E-state index contributed by atoms with van der Waals surface area (Å²) in [6, 6.07) is 5.34. The van der Waals surface area contributed by atoms with Crippen LogP contribution in [-0.2, 0) is 0 Å². The Morgan fingerprint density at radius 2 is 2.20 bits per heavy atom. The monoisotopic (exact) mass is 309 g/mol. The van der Waals surface area contributed by atoms with E-state index < -0.39 is 0 Å². The third-order valence-electron chi connectivity index (χ3n) is 3.24. The number of hydrogen-bond donors (Lipinski definition) is 2. The predicted octanol–water partition coefficient (Wildman–Crippen LogP) is 3.59. The number of nitrogens with two attached hydrogens (primary N) is 1. The van der Waals surface area contributed by atoms with E-state index in [9.17, 15) is 4.79 Å². The zero-order valence-corrected chi connectivity index (χ0v) is 12.7. The van der Waals surface area contributed by atoms with Crippen LogP contribution >= 0.6 is 23.7 Å². The van der Waals surface area contributed by atoms with E-state index in [2.05, 4.69) is 10.3 Å². The van der Waals surface area contributed by atoms with Crippen LogP contribution in [0.3, 0.4) is 0 Å². The highest BCUT2D eigenvalue weighted by molar-refractivity contribution is 7.14. The molecule has 4 nitrogen and oxygen atoms in total. The van der Waals surface area contributed by atoms with E-state index in [1.807, 2.05) is 18.4 Å². The molecule has 1 aromatic carbocycles. The number of benzene rings is 1. The standard InChI is InChI=1S/C14H15N3OS.ClH/c1-8-2-5-10(15)6-11(8)13(18)17-14-16-12(7-19-14)9-3-4-9;/h2,5-7,9H,3-4,15H2,1H3,(H,16,17,18);1H. The molecule has 106 valence electrons. The molecule has 1 aliphatic rings. The van der Waals surface area contributed by atoms with Crippen LogP contribution in [0.2, 0.25) is 0 Å². The van der Waals surface area contributed by atoms with Crippen LogP contribution in [0.25, 0.3) is 0 Å². The molecule has 6 heteroatoms. The van der Waals surface area contributed by atoms with Crippen molar-refractivity contribution in [2.45, 2.75) is 25.7 Å². The van der Waals surface area contributed by atoms with Crippen LogP contribution in [0.5, 0.6) is 0 Å². The van der Waals surface area contributed by atoms with Crippen LogP contribution in [-0.4, -0.2) is 10.9 Å². The summed E-state index contributed by atoms with van der Waals surface area (Å²) >= 11 is 1.48. The molecule has 1 saturated carbocycles. The molecule has 1 aromatic heterocycles. The number of anilines is 2. The lowest BCUT2D eigenvalue weighted by Gasteiger charge is -2.06. The average molecular weight is 310 g/mol. The van der Waals surface area contributed by atoms with Gasteiger partial charge in [-0.15, -0.1) is 23.7 Å². The summed E-state index contributed by atoms with van der Waals surface area (Å²) in [6.45, 7) is 1.89. The van der Waals surface area contributed by atoms with Crippen molar-refractivity contribution < 1.29 is 4.79 Å². The van der Waals surface area contributed by atoms with Crippen LogP contribution in [0, 0.1) is 6.92 Å². The largest absolute Gasteiger partial charge is 0.399 e.